The van der Waals surface area contributed by atoms with Gasteiger partial charge in [-0.3, -0.25) is 0 Å². The number of hydrogen-bond acceptors (Lipinski definition) is 2. The van der Waals surface area contributed by atoms with Crippen LogP contribution in [0.3, 0.4) is 0 Å². The minimum atomic E-state index is 0. The predicted octanol–water partition coefficient (Wildman–Crippen LogP) is 1.03. The first-order valence-corrected chi connectivity index (χ1v) is 4.34. The van der Waals surface area contributed by atoms with Gasteiger partial charge in [-0.1, -0.05) is 0 Å². The number of nitrogens with two attached hydrogens (primary N) is 2. The summed E-state index contributed by atoms with van der Waals surface area (Å²) in [6.45, 7) is 3.92. The van der Waals surface area contributed by atoms with Crippen LogP contribution in [0, 0.1) is 0 Å². The number of quaternary nitrogens is 1. The van der Waals surface area contributed by atoms with Gasteiger partial charge in [0, 0.05) is 12.8 Å². The Kier molecular flexibility index (Phi) is 23.7. The average Bonchev–Trinajstić information content (AvgIpc) is 1.97. The van der Waals surface area contributed by atoms with Gasteiger partial charge in [-0.15, -0.1) is 37.2 Å². The molecule has 0 radical (unpaired) electrons. The highest BCUT2D eigenvalue weighted by Crippen LogP contribution is 1.99. The van der Waals surface area contributed by atoms with E-state index in [4.69, 9.17) is 11.5 Å². The summed E-state index contributed by atoms with van der Waals surface area (Å²) in [4.78, 5) is 0. The Morgan fingerprint density at radius 3 is 1.29 bits per heavy atom. The predicted molar refractivity (Wildman–Crippen MR) is 70.9 cm³/mol. The van der Waals surface area contributed by atoms with Crippen LogP contribution in [0.2, 0.25) is 0 Å². The molecule has 0 spiro atoms. The van der Waals surface area contributed by atoms with Gasteiger partial charge in [-0.2, -0.15) is 0 Å². The molecule has 0 atom stereocenters. The van der Waals surface area contributed by atoms with Gasteiger partial charge in [-0.05, 0) is 13.1 Å². The number of halogens is 3. The van der Waals surface area contributed by atoms with Crippen molar-refractivity contribution in [2.45, 2.75) is 12.8 Å². The molecule has 0 rings (SSSR count). The second kappa shape index (κ2) is 13.8. The van der Waals surface area contributed by atoms with Crippen molar-refractivity contribution in [2.24, 2.45) is 11.5 Å². The van der Waals surface area contributed by atoms with Gasteiger partial charge in [-0.25, -0.2) is 0 Å². The van der Waals surface area contributed by atoms with Crippen LogP contribution in [0.1, 0.15) is 12.8 Å². The Balaban J connectivity index is -0.000000167. The summed E-state index contributed by atoms with van der Waals surface area (Å²) >= 11 is 0. The summed E-state index contributed by atoms with van der Waals surface area (Å²) in [7, 11) is 4.46. The van der Waals surface area contributed by atoms with E-state index in [9.17, 15) is 0 Å². The van der Waals surface area contributed by atoms with Crippen molar-refractivity contribution < 1.29 is 4.48 Å². The van der Waals surface area contributed by atoms with E-state index in [0.29, 0.717) is 0 Å². The monoisotopic (exact) mass is 268 g/mol. The zero-order chi connectivity index (χ0) is 8.74. The normalized spacial score (nSPS) is 9.43. The lowest BCUT2D eigenvalue weighted by atomic mass is 10.3. The molecule has 0 heterocycles. The molecular formula is C8H25Cl3N3+. The van der Waals surface area contributed by atoms with Crippen molar-refractivity contribution in [1.29, 1.82) is 0 Å². The zero-order valence-corrected chi connectivity index (χ0v) is 11.5. The first-order chi connectivity index (χ1) is 5.12. The Morgan fingerprint density at radius 2 is 1.07 bits per heavy atom. The number of nitrogens with zero attached hydrogens (tertiary/aromatic N) is 1. The van der Waals surface area contributed by atoms with Gasteiger partial charge in [0.25, 0.3) is 0 Å². The Hall–Kier alpha value is 0.750. The lowest BCUT2D eigenvalue weighted by molar-refractivity contribution is -0.890. The standard InChI is InChI=1S/C8H22N3.3ClH/c1-11(2,7-3-5-9)8-4-6-10;;;/h3-10H2,1-2H3;3*1H/q+1;;;. The molecule has 0 aliphatic rings. The first-order valence-electron chi connectivity index (χ1n) is 4.34. The van der Waals surface area contributed by atoms with E-state index < -0.39 is 0 Å². The van der Waals surface area contributed by atoms with Crippen molar-refractivity contribution in [2.75, 3.05) is 40.3 Å². The highest BCUT2D eigenvalue weighted by Gasteiger charge is 2.12. The molecule has 3 nitrogen and oxygen atoms in total. The highest BCUT2D eigenvalue weighted by atomic mass is 35.5. The van der Waals surface area contributed by atoms with E-state index in [-0.39, 0.29) is 37.2 Å². The van der Waals surface area contributed by atoms with Crippen molar-refractivity contribution in [3.63, 3.8) is 0 Å². The third-order valence-electron chi connectivity index (χ3n) is 1.94. The van der Waals surface area contributed by atoms with Gasteiger partial charge in [0.2, 0.25) is 0 Å². The SMILES string of the molecule is C[N+](C)(CCCN)CCCN.Cl.Cl.Cl. The second-order valence-corrected chi connectivity index (χ2v) is 3.67. The molecule has 0 aromatic carbocycles. The maximum Gasteiger partial charge on any atom is 0.0794 e. The van der Waals surface area contributed by atoms with Gasteiger partial charge in [0.1, 0.15) is 0 Å². The molecule has 0 saturated carbocycles. The summed E-state index contributed by atoms with van der Waals surface area (Å²) in [5, 5.41) is 0. The maximum atomic E-state index is 5.43. The molecule has 0 amide bonds. The van der Waals surface area contributed by atoms with Crippen LogP contribution in [-0.4, -0.2) is 44.8 Å². The summed E-state index contributed by atoms with van der Waals surface area (Å²) in [6.07, 6.45) is 2.22. The lowest BCUT2D eigenvalue weighted by Crippen LogP contribution is -2.42. The molecular weight excluding hydrogens is 244 g/mol. The molecule has 0 unspecified atom stereocenters. The third kappa shape index (κ3) is 15.2. The molecule has 4 N–H and O–H groups in total. The average molecular weight is 270 g/mol. The van der Waals surface area contributed by atoms with Crippen LogP contribution in [-0.2, 0) is 0 Å². The number of hydrogen-bond donors (Lipinski definition) is 2. The Bertz CT molecular complexity index is 91.8. The molecule has 6 heteroatoms. The fraction of sp³-hybridized carbons (Fsp3) is 1.00. The molecule has 0 saturated heterocycles. The van der Waals surface area contributed by atoms with E-state index in [1.54, 1.807) is 0 Å². The number of rotatable bonds is 6. The van der Waals surface area contributed by atoms with E-state index in [2.05, 4.69) is 14.1 Å². The Labute approximate surface area is 106 Å². The van der Waals surface area contributed by atoms with Crippen LogP contribution in [0.15, 0.2) is 0 Å². The van der Waals surface area contributed by atoms with E-state index >= 15 is 0 Å². The lowest BCUT2D eigenvalue weighted by Gasteiger charge is -2.29. The Morgan fingerprint density at radius 1 is 0.786 bits per heavy atom. The van der Waals surface area contributed by atoms with Gasteiger partial charge >= 0.3 is 0 Å². The fourth-order valence-corrected chi connectivity index (χ4v) is 1.15. The van der Waals surface area contributed by atoms with Crippen LogP contribution in [0.4, 0.5) is 0 Å². The fourth-order valence-electron chi connectivity index (χ4n) is 1.15. The van der Waals surface area contributed by atoms with E-state index in [0.717, 1.165) is 43.5 Å². The maximum absolute atomic E-state index is 5.43. The van der Waals surface area contributed by atoms with Crippen molar-refractivity contribution in [3.05, 3.63) is 0 Å². The third-order valence-corrected chi connectivity index (χ3v) is 1.94. The van der Waals surface area contributed by atoms with Crippen molar-refractivity contribution in [3.8, 4) is 0 Å². The van der Waals surface area contributed by atoms with Crippen LogP contribution >= 0.6 is 37.2 Å². The molecule has 92 valence electrons. The van der Waals surface area contributed by atoms with Crippen molar-refractivity contribution >= 4 is 37.2 Å². The minimum absolute atomic E-state index is 0. The largest absolute Gasteiger partial charge is 0.330 e. The molecule has 0 aromatic heterocycles. The van der Waals surface area contributed by atoms with Gasteiger partial charge in [0.05, 0.1) is 27.2 Å². The summed E-state index contributed by atoms with van der Waals surface area (Å²) in [5.41, 5.74) is 10.9. The summed E-state index contributed by atoms with van der Waals surface area (Å²) in [5.74, 6) is 0. The van der Waals surface area contributed by atoms with Crippen LogP contribution in [0.5, 0.6) is 0 Å². The van der Waals surface area contributed by atoms with Gasteiger partial charge < -0.3 is 16.0 Å². The van der Waals surface area contributed by atoms with Crippen LogP contribution in [0.25, 0.3) is 0 Å². The quantitative estimate of drug-likeness (QED) is 0.708. The zero-order valence-electron chi connectivity index (χ0n) is 9.07. The topological polar surface area (TPSA) is 52.0 Å². The molecule has 0 fully saturated rings. The molecule has 0 aliphatic heterocycles. The van der Waals surface area contributed by atoms with Gasteiger partial charge in [0.15, 0.2) is 0 Å². The van der Waals surface area contributed by atoms with Crippen molar-refractivity contribution in [1.82, 2.24) is 0 Å². The molecule has 14 heavy (non-hydrogen) atoms. The summed E-state index contributed by atoms with van der Waals surface area (Å²) < 4.78 is 1.05. The summed E-state index contributed by atoms with van der Waals surface area (Å²) in [6, 6.07) is 0. The highest BCUT2D eigenvalue weighted by molar-refractivity contribution is 5.86. The minimum Gasteiger partial charge on any atom is -0.330 e. The smallest absolute Gasteiger partial charge is 0.0794 e. The molecule has 0 aromatic rings. The van der Waals surface area contributed by atoms with E-state index in [1.807, 2.05) is 0 Å². The second-order valence-electron chi connectivity index (χ2n) is 3.67. The van der Waals surface area contributed by atoms with Crippen LogP contribution < -0.4 is 11.5 Å². The first kappa shape index (κ1) is 24.1. The molecule has 0 aliphatic carbocycles. The van der Waals surface area contributed by atoms with E-state index in [1.165, 1.54) is 0 Å². The molecule has 0 bridgehead atoms.